The van der Waals surface area contributed by atoms with Crippen LogP contribution >= 0.6 is 11.6 Å². The van der Waals surface area contributed by atoms with Crippen LogP contribution in [0.4, 0.5) is 0 Å². The van der Waals surface area contributed by atoms with Gasteiger partial charge in [0.15, 0.2) is 5.78 Å². The van der Waals surface area contributed by atoms with Gasteiger partial charge in [-0.1, -0.05) is 25.4 Å². The molecule has 4 nitrogen and oxygen atoms in total. The van der Waals surface area contributed by atoms with E-state index >= 15 is 0 Å². The van der Waals surface area contributed by atoms with Gasteiger partial charge < -0.3 is 10.1 Å². The summed E-state index contributed by atoms with van der Waals surface area (Å²) in [6.07, 6.45) is 0.324. The molecule has 0 aliphatic carbocycles. The molecule has 0 saturated carbocycles. The third kappa shape index (κ3) is 5.86. The lowest BCUT2D eigenvalue weighted by Crippen LogP contribution is -2.43. The second kappa shape index (κ2) is 8.80. The van der Waals surface area contributed by atoms with Crippen molar-refractivity contribution in [3.05, 3.63) is 34.9 Å². The second-order valence-corrected chi connectivity index (χ2v) is 5.54. The van der Waals surface area contributed by atoms with Crippen LogP contribution in [0.15, 0.2) is 24.3 Å². The maximum Gasteiger partial charge on any atom is 0.323 e. The molecule has 5 heteroatoms. The molecule has 0 spiro atoms. The zero-order valence-corrected chi connectivity index (χ0v) is 13.4. The number of ether oxygens (including phenoxy) is 1. The van der Waals surface area contributed by atoms with E-state index in [1.165, 1.54) is 0 Å². The van der Waals surface area contributed by atoms with Crippen LogP contribution in [0.5, 0.6) is 0 Å². The predicted molar refractivity (Wildman–Crippen MR) is 83.7 cm³/mol. The van der Waals surface area contributed by atoms with Gasteiger partial charge in [-0.25, -0.2) is 0 Å². The fourth-order valence-electron chi connectivity index (χ4n) is 1.94. The lowest BCUT2D eigenvalue weighted by atomic mass is 10.0. The molecular weight excluding hydrogens is 290 g/mol. The molecule has 0 aliphatic rings. The van der Waals surface area contributed by atoms with E-state index in [0.717, 1.165) is 0 Å². The third-order valence-corrected chi connectivity index (χ3v) is 3.34. The molecule has 1 unspecified atom stereocenters. The van der Waals surface area contributed by atoms with Gasteiger partial charge in [0.05, 0.1) is 6.61 Å². The van der Waals surface area contributed by atoms with Crippen molar-refractivity contribution in [2.24, 2.45) is 5.92 Å². The monoisotopic (exact) mass is 311 g/mol. The summed E-state index contributed by atoms with van der Waals surface area (Å²) in [6.45, 7) is 6.45. The van der Waals surface area contributed by atoms with Crippen molar-refractivity contribution in [3.8, 4) is 0 Å². The summed E-state index contributed by atoms with van der Waals surface area (Å²) < 4.78 is 5.02. The Morgan fingerprint density at radius 1 is 1.24 bits per heavy atom. The molecule has 1 aromatic carbocycles. The van der Waals surface area contributed by atoms with Crippen LogP contribution in [0.1, 0.15) is 37.6 Å². The van der Waals surface area contributed by atoms with Gasteiger partial charge in [-0.05, 0) is 37.1 Å². The molecule has 1 rings (SSSR count). The Kier molecular flexibility index (Phi) is 7.40. The molecule has 0 radical (unpaired) electrons. The van der Waals surface area contributed by atoms with E-state index in [4.69, 9.17) is 16.3 Å². The minimum absolute atomic E-state index is 0.0190. The van der Waals surface area contributed by atoms with Crippen molar-refractivity contribution in [1.82, 2.24) is 5.32 Å². The third-order valence-electron chi connectivity index (χ3n) is 3.09. The summed E-state index contributed by atoms with van der Waals surface area (Å²) in [5, 5.41) is 3.70. The maximum absolute atomic E-state index is 12.0. The number of carbonyl (C=O) groups excluding carboxylic acids is 2. The summed E-state index contributed by atoms with van der Waals surface area (Å²) >= 11 is 5.79. The Labute approximate surface area is 130 Å². The standard InChI is InChI=1S/C16H22ClNO3/c1-4-21-16(20)15(11(2)3)18-10-9-14(19)12-5-7-13(17)8-6-12/h5-8,11,15,18H,4,9-10H2,1-3H3. The van der Waals surface area contributed by atoms with E-state index in [2.05, 4.69) is 5.32 Å². The van der Waals surface area contributed by atoms with Crippen LogP contribution in [0.25, 0.3) is 0 Å². The molecule has 0 amide bonds. The van der Waals surface area contributed by atoms with Crippen LogP contribution in [0, 0.1) is 5.92 Å². The number of carbonyl (C=O) groups is 2. The van der Waals surface area contributed by atoms with E-state index in [1.807, 2.05) is 13.8 Å². The van der Waals surface area contributed by atoms with E-state index in [1.54, 1.807) is 31.2 Å². The summed E-state index contributed by atoms with van der Waals surface area (Å²) in [7, 11) is 0. The predicted octanol–water partition coefficient (Wildman–Crippen LogP) is 3.09. The first kappa shape index (κ1) is 17.7. The zero-order chi connectivity index (χ0) is 15.8. The van der Waals surface area contributed by atoms with Gasteiger partial charge in [0.2, 0.25) is 0 Å². The van der Waals surface area contributed by atoms with Crippen LogP contribution in [-0.4, -0.2) is 30.9 Å². The molecule has 0 bridgehead atoms. The molecule has 0 aliphatic heterocycles. The topological polar surface area (TPSA) is 55.4 Å². The van der Waals surface area contributed by atoms with Gasteiger partial charge in [-0.3, -0.25) is 9.59 Å². The summed E-state index contributed by atoms with van der Waals surface area (Å²) in [5.41, 5.74) is 0.624. The largest absolute Gasteiger partial charge is 0.465 e. The molecule has 21 heavy (non-hydrogen) atoms. The Balaban J connectivity index is 2.48. The van der Waals surface area contributed by atoms with Crippen molar-refractivity contribution in [1.29, 1.82) is 0 Å². The quantitative estimate of drug-likeness (QED) is 0.592. The fourth-order valence-corrected chi connectivity index (χ4v) is 2.07. The van der Waals surface area contributed by atoms with E-state index in [0.29, 0.717) is 30.2 Å². The average molecular weight is 312 g/mol. The number of hydrogen-bond donors (Lipinski definition) is 1. The van der Waals surface area contributed by atoms with Gasteiger partial charge >= 0.3 is 5.97 Å². The number of nitrogens with one attached hydrogen (secondary N) is 1. The number of rotatable bonds is 8. The fraction of sp³-hybridized carbons (Fsp3) is 0.500. The van der Waals surface area contributed by atoms with Gasteiger partial charge in [0, 0.05) is 23.6 Å². The molecule has 0 aromatic heterocycles. The van der Waals surface area contributed by atoms with E-state index in [-0.39, 0.29) is 23.7 Å². The normalized spacial score (nSPS) is 12.2. The van der Waals surface area contributed by atoms with Gasteiger partial charge in [0.25, 0.3) is 0 Å². The molecule has 0 fully saturated rings. The maximum atomic E-state index is 12.0. The Bertz CT molecular complexity index is 471. The van der Waals surface area contributed by atoms with Crippen molar-refractivity contribution in [2.75, 3.05) is 13.2 Å². The lowest BCUT2D eigenvalue weighted by Gasteiger charge is -2.20. The highest BCUT2D eigenvalue weighted by Crippen LogP contribution is 2.11. The Morgan fingerprint density at radius 2 is 1.86 bits per heavy atom. The number of hydrogen-bond acceptors (Lipinski definition) is 4. The second-order valence-electron chi connectivity index (χ2n) is 5.11. The van der Waals surface area contributed by atoms with E-state index < -0.39 is 0 Å². The summed E-state index contributed by atoms with van der Waals surface area (Å²) in [4.78, 5) is 23.8. The number of Topliss-reactive ketones (excluding diaryl/α,β-unsaturated/α-hetero) is 1. The molecule has 1 atom stereocenters. The van der Waals surface area contributed by atoms with Crippen LogP contribution in [0.2, 0.25) is 5.02 Å². The highest BCUT2D eigenvalue weighted by Gasteiger charge is 2.22. The minimum atomic E-state index is -0.386. The first-order valence-electron chi connectivity index (χ1n) is 7.14. The molecule has 0 saturated heterocycles. The van der Waals surface area contributed by atoms with Crippen LogP contribution in [-0.2, 0) is 9.53 Å². The lowest BCUT2D eigenvalue weighted by molar-refractivity contribution is -0.146. The molecule has 1 aromatic rings. The van der Waals surface area contributed by atoms with Crippen molar-refractivity contribution in [3.63, 3.8) is 0 Å². The summed E-state index contributed by atoms with van der Waals surface area (Å²) in [5.74, 6) is -0.147. The highest BCUT2D eigenvalue weighted by atomic mass is 35.5. The van der Waals surface area contributed by atoms with Crippen molar-refractivity contribution >= 4 is 23.4 Å². The SMILES string of the molecule is CCOC(=O)C(NCCC(=O)c1ccc(Cl)cc1)C(C)C. The van der Waals surface area contributed by atoms with Gasteiger partial charge in [0.1, 0.15) is 6.04 Å². The van der Waals surface area contributed by atoms with E-state index in [9.17, 15) is 9.59 Å². The zero-order valence-electron chi connectivity index (χ0n) is 12.7. The number of ketones is 1. The number of esters is 1. The first-order valence-corrected chi connectivity index (χ1v) is 7.52. The Hall–Kier alpha value is -1.39. The number of benzene rings is 1. The van der Waals surface area contributed by atoms with Gasteiger partial charge in [-0.15, -0.1) is 0 Å². The van der Waals surface area contributed by atoms with Crippen LogP contribution < -0.4 is 5.32 Å². The smallest absolute Gasteiger partial charge is 0.323 e. The summed E-state index contributed by atoms with van der Waals surface area (Å²) in [6, 6.07) is 6.41. The van der Waals surface area contributed by atoms with Crippen LogP contribution in [0.3, 0.4) is 0 Å². The first-order chi connectivity index (χ1) is 9.95. The van der Waals surface area contributed by atoms with Gasteiger partial charge in [-0.2, -0.15) is 0 Å². The average Bonchev–Trinajstić information content (AvgIpc) is 2.43. The minimum Gasteiger partial charge on any atom is -0.465 e. The Morgan fingerprint density at radius 3 is 2.38 bits per heavy atom. The molecule has 0 heterocycles. The van der Waals surface area contributed by atoms with Crippen molar-refractivity contribution in [2.45, 2.75) is 33.2 Å². The molecule has 1 N–H and O–H groups in total. The molecular formula is C16H22ClNO3. The number of halogens is 1. The highest BCUT2D eigenvalue weighted by molar-refractivity contribution is 6.30. The molecule has 116 valence electrons. The van der Waals surface area contributed by atoms with Crippen molar-refractivity contribution < 1.29 is 14.3 Å².